The highest BCUT2D eigenvalue weighted by Crippen LogP contribution is 2.15. The fourth-order valence-electron chi connectivity index (χ4n) is 1.26. The second-order valence-corrected chi connectivity index (χ2v) is 6.26. The predicted octanol–water partition coefficient (Wildman–Crippen LogP) is 0.748. The first-order valence-electron chi connectivity index (χ1n) is 6.28. The van der Waals surface area contributed by atoms with Gasteiger partial charge in [0.15, 0.2) is 0 Å². The Labute approximate surface area is 129 Å². The third-order valence-electron chi connectivity index (χ3n) is 2.64. The Morgan fingerprint density at radius 2 is 1.62 bits per heavy atom. The summed E-state index contributed by atoms with van der Waals surface area (Å²) >= 11 is 3.98. The Balaban J connectivity index is 0.000000400. The van der Waals surface area contributed by atoms with Gasteiger partial charge in [-0.05, 0) is 25.8 Å². The van der Waals surface area contributed by atoms with Crippen LogP contribution in [0.1, 0.15) is 19.4 Å². The van der Waals surface area contributed by atoms with Gasteiger partial charge in [0.25, 0.3) is 0 Å². The van der Waals surface area contributed by atoms with Gasteiger partial charge in [-0.2, -0.15) is 12.6 Å². The fourth-order valence-corrected chi connectivity index (χ4v) is 1.37. The van der Waals surface area contributed by atoms with Crippen molar-refractivity contribution in [3.05, 3.63) is 35.9 Å². The van der Waals surface area contributed by atoms with Crippen LogP contribution >= 0.6 is 12.6 Å². The van der Waals surface area contributed by atoms with E-state index in [2.05, 4.69) is 12.6 Å². The highest BCUT2D eigenvalue weighted by atomic mass is 32.1. The maximum absolute atomic E-state index is 10.4. The molecule has 1 rings (SSSR count). The Morgan fingerprint density at radius 3 is 1.90 bits per heavy atom. The maximum atomic E-state index is 10.4. The third kappa shape index (κ3) is 8.34. The summed E-state index contributed by atoms with van der Waals surface area (Å²) in [5.74, 6) is -1.98. The Kier molecular flexibility index (Phi) is 8.01. The SMILES string of the molecule is CC(C)(S)C(N)C(=O)O.NC(Cc1ccccc1)C(=O)O. The quantitative estimate of drug-likeness (QED) is 0.510. The third-order valence-corrected chi connectivity index (χ3v) is 2.92. The number of hydrogen-bond acceptors (Lipinski definition) is 5. The Hall–Kier alpha value is -1.57. The van der Waals surface area contributed by atoms with E-state index in [0.717, 1.165) is 5.56 Å². The number of hydrogen-bond donors (Lipinski definition) is 5. The van der Waals surface area contributed by atoms with Gasteiger partial charge in [-0.3, -0.25) is 9.59 Å². The van der Waals surface area contributed by atoms with E-state index in [0.29, 0.717) is 6.42 Å². The number of nitrogens with two attached hydrogens (primary N) is 2. The zero-order chi connectivity index (χ0) is 16.6. The lowest BCUT2D eigenvalue weighted by atomic mass is 10.1. The number of rotatable bonds is 5. The first kappa shape index (κ1) is 19.4. The zero-order valence-corrected chi connectivity index (χ0v) is 13.0. The number of carbonyl (C=O) groups is 2. The Morgan fingerprint density at radius 1 is 1.14 bits per heavy atom. The van der Waals surface area contributed by atoms with Gasteiger partial charge in [0.1, 0.15) is 12.1 Å². The molecule has 0 aromatic heterocycles. The molecule has 1 aromatic rings. The number of thiol groups is 1. The molecule has 21 heavy (non-hydrogen) atoms. The fraction of sp³-hybridized carbons (Fsp3) is 0.429. The summed E-state index contributed by atoms with van der Waals surface area (Å²) < 4.78 is -0.647. The van der Waals surface area contributed by atoms with Crippen molar-refractivity contribution >= 4 is 24.6 Å². The molecule has 0 saturated heterocycles. The molecule has 0 aliphatic rings. The molecule has 0 amide bonds. The average molecular weight is 314 g/mol. The minimum atomic E-state index is -1.02. The minimum absolute atomic E-state index is 0.385. The van der Waals surface area contributed by atoms with E-state index < -0.39 is 28.8 Å². The molecule has 1 aromatic carbocycles. The summed E-state index contributed by atoms with van der Waals surface area (Å²) in [5, 5.41) is 16.9. The molecular weight excluding hydrogens is 292 g/mol. The molecule has 0 saturated carbocycles. The van der Waals surface area contributed by atoms with Crippen LogP contribution in [-0.4, -0.2) is 39.0 Å². The maximum Gasteiger partial charge on any atom is 0.321 e. The Bertz CT molecular complexity index is 460. The number of carboxylic acid groups (broad SMARTS) is 2. The van der Waals surface area contributed by atoms with Crippen LogP contribution in [0.5, 0.6) is 0 Å². The van der Waals surface area contributed by atoms with Crippen molar-refractivity contribution in [2.45, 2.75) is 37.1 Å². The highest BCUT2D eigenvalue weighted by Gasteiger charge is 2.27. The molecule has 2 unspecified atom stereocenters. The summed E-state index contributed by atoms with van der Waals surface area (Å²) in [7, 11) is 0. The van der Waals surface area contributed by atoms with Gasteiger partial charge in [-0.1, -0.05) is 30.3 Å². The largest absolute Gasteiger partial charge is 0.480 e. The topological polar surface area (TPSA) is 127 Å². The highest BCUT2D eigenvalue weighted by molar-refractivity contribution is 7.81. The summed E-state index contributed by atoms with van der Waals surface area (Å²) in [6.07, 6.45) is 0.385. The standard InChI is InChI=1S/C9H11NO2.C5H11NO2S/c10-8(9(11)12)6-7-4-2-1-3-5-7;1-5(2,9)3(6)4(7)8/h1-5,8H,6,10H2,(H,11,12);3,9H,6H2,1-2H3,(H,7,8). The second kappa shape index (κ2) is 8.66. The van der Waals surface area contributed by atoms with Crippen molar-refractivity contribution in [2.24, 2.45) is 11.5 Å². The lowest BCUT2D eigenvalue weighted by Crippen LogP contribution is -2.45. The number of carboxylic acids is 2. The minimum Gasteiger partial charge on any atom is -0.480 e. The van der Waals surface area contributed by atoms with Gasteiger partial charge in [-0.15, -0.1) is 0 Å². The summed E-state index contributed by atoms with van der Waals surface area (Å²) in [6, 6.07) is 7.64. The summed E-state index contributed by atoms with van der Waals surface area (Å²) in [5.41, 5.74) is 11.5. The van der Waals surface area contributed by atoms with Crippen molar-refractivity contribution in [3.8, 4) is 0 Å². The molecule has 0 heterocycles. The van der Waals surface area contributed by atoms with Crippen LogP contribution in [-0.2, 0) is 16.0 Å². The van der Waals surface area contributed by atoms with Gasteiger partial charge in [0, 0.05) is 4.75 Å². The number of aliphatic carboxylic acids is 2. The molecule has 0 aliphatic heterocycles. The molecule has 7 heteroatoms. The van der Waals surface area contributed by atoms with Crippen molar-refractivity contribution in [1.82, 2.24) is 0 Å². The van der Waals surface area contributed by atoms with Crippen molar-refractivity contribution in [2.75, 3.05) is 0 Å². The van der Waals surface area contributed by atoms with Crippen molar-refractivity contribution in [3.63, 3.8) is 0 Å². The van der Waals surface area contributed by atoms with E-state index in [1.807, 2.05) is 30.3 Å². The van der Waals surface area contributed by atoms with Crippen LogP contribution in [0.2, 0.25) is 0 Å². The predicted molar refractivity (Wildman–Crippen MR) is 84.4 cm³/mol. The first-order chi connectivity index (χ1) is 9.55. The van der Waals surface area contributed by atoms with Gasteiger partial charge >= 0.3 is 11.9 Å². The average Bonchev–Trinajstić information content (AvgIpc) is 2.38. The van der Waals surface area contributed by atoms with E-state index in [1.165, 1.54) is 0 Å². The van der Waals surface area contributed by atoms with Crippen LogP contribution < -0.4 is 11.5 Å². The van der Waals surface area contributed by atoms with Gasteiger partial charge in [0.05, 0.1) is 0 Å². The molecule has 2 atom stereocenters. The van der Waals surface area contributed by atoms with E-state index >= 15 is 0 Å². The van der Waals surface area contributed by atoms with E-state index in [1.54, 1.807) is 13.8 Å². The molecule has 0 aliphatic carbocycles. The zero-order valence-electron chi connectivity index (χ0n) is 12.1. The molecule has 0 bridgehead atoms. The molecule has 0 spiro atoms. The normalized spacial score (nSPS) is 13.6. The first-order valence-corrected chi connectivity index (χ1v) is 6.73. The molecule has 6 nitrogen and oxygen atoms in total. The lowest BCUT2D eigenvalue weighted by Gasteiger charge is -2.21. The van der Waals surface area contributed by atoms with E-state index in [-0.39, 0.29) is 0 Å². The van der Waals surface area contributed by atoms with E-state index in [9.17, 15) is 9.59 Å². The second-order valence-electron chi connectivity index (χ2n) is 5.10. The van der Waals surface area contributed by atoms with Crippen LogP contribution in [0.15, 0.2) is 30.3 Å². The molecule has 0 fully saturated rings. The van der Waals surface area contributed by atoms with E-state index in [4.69, 9.17) is 21.7 Å². The van der Waals surface area contributed by atoms with Crippen molar-refractivity contribution in [1.29, 1.82) is 0 Å². The molecular formula is C14H22N2O4S. The van der Waals surface area contributed by atoms with Crippen LogP contribution in [0.25, 0.3) is 0 Å². The monoisotopic (exact) mass is 314 g/mol. The molecule has 118 valence electrons. The van der Waals surface area contributed by atoms with Gasteiger partial charge in [0.2, 0.25) is 0 Å². The summed E-state index contributed by atoms with van der Waals surface area (Å²) in [6.45, 7) is 3.32. The summed E-state index contributed by atoms with van der Waals surface area (Å²) in [4.78, 5) is 20.6. The van der Waals surface area contributed by atoms with Crippen LogP contribution in [0.4, 0.5) is 0 Å². The lowest BCUT2D eigenvalue weighted by molar-refractivity contribution is -0.139. The van der Waals surface area contributed by atoms with Gasteiger partial charge in [-0.25, -0.2) is 0 Å². The van der Waals surface area contributed by atoms with Crippen molar-refractivity contribution < 1.29 is 19.8 Å². The van der Waals surface area contributed by atoms with Crippen LogP contribution in [0, 0.1) is 0 Å². The number of benzene rings is 1. The van der Waals surface area contributed by atoms with Crippen LogP contribution in [0.3, 0.4) is 0 Å². The smallest absolute Gasteiger partial charge is 0.321 e. The molecule has 0 radical (unpaired) electrons. The molecule has 6 N–H and O–H groups in total. The van der Waals surface area contributed by atoms with Gasteiger partial charge < -0.3 is 21.7 Å².